The zero-order valence-corrected chi connectivity index (χ0v) is 11.3. The van der Waals surface area contributed by atoms with Crippen LogP contribution in [0.3, 0.4) is 0 Å². The van der Waals surface area contributed by atoms with Gasteiger partial charge < -0.3 is 16.6 Å². The van der Waals surface area contributed by atoms with Crippen molar-refractivity contribution in [2.45, 2.75) is 12.8 Å². The molecule has 102 valence electrons. The molecular weight excluding hydrogens is 276 g/mol. The highest BCUT2D eigenvalue weighted by Gasteiger charge is 2.27. The van der Waals surface area contributed by atoms with Crippen LogP contribution in [0.15, 0.2) is 23.9 Å². The van der Waals surface area contributed by atoms with Crippen molar-refractivity contribution in [3.05, 3.63) is 40.0 Å². The minimum Gasteiger partial charge on any atom is -0.506 e. The second-order valence-electron chi connectivity index (χ2n) is 4.46. The number of carbonyl (C=O) groups is 1. The largest absolute Gasteiger partial charge is 0.506 e. The van der Waals surface area contributed by atoms with Gasteiger partial charge in [0.1, 0.15) is 11.6 Å². The van der Waals surface area contributed by atoms with E-state index in [1.54, 1.807) is 12.1 Å². The Hall–Kier alpha value is -2.41. The van der Waals surface area contributed by atoms with E-state index in [2.05, 4.69) is 9.97 Å². The van der Waals surface area contributed by atoms with Crippen LogP contribution in [0.1, 0.15) is 27.3 Å². The van der Waals surface area contributed by atoms with Crippen molar-refractivity contribution in [1.82, 2.24) is 9.97 Å². The third-order valence-electron chi connectivity index (χ3n) is 3.15. The van der Waals surface area contributed by atoms with E-state index >= 15 is 0 Å². The minimum atomic E-state index is -0.243. The Morgan fingerprint density at radius 1 is 1.30 bits per heavy atom. The van der Waals surface area contributed by atoms with Gasteiger partial charge in [-0.3, -0.25) is 4.79 Å². The molecule has 1 aliphatic rings. The van der Waals surface area contributed by atoms with Gasteiger partial charge in [0.2, 0.25) is 0 Å². The van der Waals surface area contributed by atoms with E-state index in [0.717, 1.165) is 5.69 Å². The molecule has 0 radical (unpaired) electrons. The smallest absolute Gasteiger partial charge is 0.194 e. The number of aliphatic hydroxyl groups is 1. The lowest BCUT2D eigenvalue weighted by Crippen LogP contribution is -2.12. The zero-order valence-electron chi connectivity index (χ0n) is 10.5. The molecule has 7 heteroatoms. The first-order valence-corrected chi connectivity index (χ1v) is 6.82. The Bertz CT molecular complexity index is 718. The highest BCUT2D eigenvalue weighted by atomic mass is 32.1. The summed E-state index contributed by atoms with van der Waals surface area (Å²) in [5.41, 5.74) is 12.6. The molecule has 6 nitrogen and oxygen atoms in total. The molecule has 20 heavy (non-hydrogen) atoms. The zero-order chi connectivity index (χ0) is 14.3. The summed E-state index contributed by atoms with van der Waals surface area (Å²) in [5, 5.41) is 10.6. The van der Waals surface area contributed by atoms with Crippen molar-refractivity contribution in [2.75, 3.05) is 11.5 Å². The molecule has 0 saturated carbocycles. The Kier molecular flexibility index (Phi) is 2.90. The number of carbonyl (C=O) groups excluding carboxylic acids is 1. The summed E-state index contributed by atoms with van der Waals surface area (Å²) in [4.78, 5) is 21.0. The van der Waals surface area contributed by atoms with Gasteiger partial charge >= 0.3 is 0 Å². The van der Waals surface area contributed by atoms with E-state index in [9.17, 15) is 9.90 Å². The molecule has 0 fully saturated rings. The van der Waals surface area contributed by atoms with E-state index in [1.807, 2.05) is 0 Å². The topological polar surface area (TPSA) is 115 Å². The summed E-state index contributed by atoms with van der Waals surface area (Å²) < 4.78 is 0. The van der Waals surface area contributed by atoms with Crippen molar-refractivity contribution < 1.29 is 9.90 Å². The second kappa shape index (κ2) is 4.61. The van der Waals surface area contributed by atoms with Crippen LogP contribution in [-0.2, 0) is 6.42 Å². The molecule has 2 aromatic heterocycles. The standard InChI is InChI=1S/C13H12N4O2S/c14-9-4-1-6(5-16-9)10(18)7-2-3-8-12(11(7)19)20-13(15)17-8/h1,4-5,19H,2-3H2,(H2,14,16)(H2,15,17). The molecule has 0 atom stereocenters. The number of aryl methyl sites for hydroxylation is 1. The molecule has 2 heterocycles. The van der Waals surface area contributed by atoms with Crippen molar-refractivity contribution in [2.24, 2.45) is 0 Å². The monoisotopic (exact) mass is 288 g/mol. The van der Waals surface area contributed by atoms with E-state index < -0.39 is 0 Å². The molecule has 0 aromatic carbocycles. The average molecular weight is 288 g/mol. The molecule has 0 saturated heterocycles. The fourth-order valence-electron chi connectivity index (χ4n) is 2.16. The summed E-state index contributed by atoms with van der Waals surface area (Å²) in [6, 6.07) is 3.16. The minimum absolute atomic E-state index is 0.0257. The molecule has 0 unspecified atom stereocenters. The number of nitrogens with zero attached hydrogens (tertiary/aromatic N) is 2. The molecule has 0 spiro atoms. The van der Waals surface area contributed by atoms with Gasteiger partial charge in [0.25, 0.3) is 0 Å². The predicted octanol–water partition coefficient (Wildman–Crippen LogP) is 1.80. The van der Waals surface area contributed by atoms with E-state index in [1.165, 1.54) is 17.5 Å². The van der Waals surface area contributed by atoms with Crippen LogP contribution < -0.4 is 11.5 Å². The van der Waals surface area contributed by atoms with Gasteiger partial charge in [-0.05, 0) is 25.0 Å². The van der Waals surface area contributed by atoms with Gasteiger partial charge in [-0.2, -0.15) is 0 Å². The van der Waals surface area contributed by atoms with Gasteiger partial charge in [-0.15, -0.1) is 0 Å². The van der Waals surface area contributed by atoms with Crippen LogP contribution in [0.2, 0.25) is 0 Å². The summed E-state index contributed by atoms with van der Waals surface area (Å²) in [5.74, 6) is 0.0795. The number of anilines is 2. The number of thiazole rings is 1. The number of allylic oxidation sites excluding steroid dienone is 1. The number of ketones is 1. The van der Waals surface area contributed by atoms with Gasteiger partial charge in [-0.1, -0.05) is 11.3 Å². The van der Waals surface area contributed by atoms with Crippen LogP contribution in [-0.4, -0.2) is 20.9 Å². The first-order valence-electron chi connectivity index (χ1n) is 6.00. The summed E-state index contributed by atoms with van der Waals surface area (Å²) in [6.07, 6.45) is 2.44. The average Bonchev–Trinajstić information content (AvgIpc) is 2.81. The summed E-state index contributed by atoms with van der Waals surface area (Å²) in [7, 11) is 0. The van der Waals surface area contributed by atoms with Crippen LogP contribution in [0.4, 0.5) is 10.9 Å². The summed E-state index contributed by atoms with van der Waals surface area (Å²) >= 11 is 1.19. The molecule has 2 aromatic rings. The number of nitrogen functional groups attached to an aromatic ring is 2. The lowest BCUT2D eigenvalue weighted by molar-refractivity contribution is 0.102. The number of rotatable bonds is 2. The number of hydrogen-bond donors (Lipinski definition) is 3. The number of nitrogens with two attached hydrogens (primary N) is 2. The molecule has 3 rings (SSSR count). The van der Waals surface area contributed by atoms with Crippen molar-refractivity contribution >= 4 is 33.8 Å². The number of aromatic nitrogens is 2. The Morgan fingerprint density at radius 3 is 2.80 bits per heavy atom. The van der Waals surface area contributed by atoms with Gasteiger partial charge in [0.15, 0.2) is 10.9 Å². The molecular formula is C13H12N4O2S. The maximum atomic E-state index is 12.4. The number of pyridine rings is 1. The quantitative estimate of drug-likeness (QED) is 0.726. The Morgan fingerprint density at radius 2 is 2.10 bits per heavy atom. The lowest BCUT2D eigenvalue weighted by atomic mass is 9.93. The van der Waals surface area contributed by atoms with Crippen LogP contribution in [0, 0.1) is 0 Å². The normalized spacial score (nSPS) is 14.2. The van der Waals surface area contributed by atoms with Crippen LogP contribution in [0.25, 0.3) is 5.76 Å². The number of hydrogen-bond acceptors (Lipinski definition) is 7. The number of fused-ring (bicyclic) bond motifs is 1. The fourth-order valence-corrected chi connectivity index (χ4v) is 3.01. The Labute approximate surface area is 118 Å². The maximum Gasteiger partial charge on any atom is 0.194 e. The number of aliphatic hydroxyl groups excluding tert-OH is 1. The molecule has 0 aliphatic heterocycles. The third kappa shape index (κ3) is 2.01. The molecule has 5 N–H and O–H groups in total. The van der Waals surface area contributed by atoms with Gasteiger partial charge in [-0.25, -0.2) is 9.97 Å². The van der Waals surface area contributed by atoms with Crippen LogP contribution in [0.5, 0.6) is 0 Å². The first-order chi connectivity index (χ1) is 9.56. The molecule has 0 bridgehead atoms. The van der Waals surface area contributed by atoms with E-state index in [0.29, 0.717) is 39.8 Å². The van der Waals surface area contributed by atoms with Crippen molar-refractivity contribution in [1.29, 1.82) is 0 Å². The van der Waals surface area contributed by atoms with Gasteiger partial charge in [0.05, 0.1) is 10.6 Å². The molecule has 0 amide bonds. The Balaban J connectivity index is 2.02. The summed E-state index contributed by atoms with van der Waals surface area (Å²) in [6.45, 7) is 0. The fraction of sp³-hybridized carbons (Fsp3) is 0.154. The van der Waals surface area contributed by atoms with E-state index in [4.69, 9.17) is 11.5 Å². The van der Waals surface area contributed by atoms with Crippen LogP contribution >= 0.6 is 11.3 Å². The first kappa shape index (κ1) is 12.6. The van der Waals surface area contributed by atoms with Crippen molar-refractivity contribution in [3.8, 4) is 0 Å². The number of Topliss-reactive ketones (excluding diaryl/α,β-unsaturated/α-hetero) is 1. The van der Waals surface area contributed by atoms with E-state index in [-0.39, 0.29) is 11.5 Å². The third-order valence-corrected chi connectivity index (χ3v) is 4.08. The highest BCUT2D eigenvalue weighted by Crippen LogP contribution is 2.35. The van der Waals surface area contributed by atoms with Gasteiger partial charge in [0, 0.05) is 17.3 Å². The molecule has 1 aliphatic carbocycles. The maximum absolute atomic E-state index is 12.4. The van der Waals surface area contributed by atoms with Crippen molar-refractivity contribution in [3.63, 3.8) is 0 Å². The second-order valence-corrected chi connectivity index (χ2v) is 5.49. The lowest BCUT2D eigenvalue weighted by Gasteiger charge is -2.14. The highest BCUT2D eigenvalue weighted by molar-refractivity contribution is 7.16. The SMILES string of the molecule is Nc1ccc(C(=O)C2=C(O)c3sc(N)nc3CC2)cn1. The predicted molar refractivity (Wildman–Crippen MR) is 77.4 cm³/mol.